The Balaban J connectivity index is 1.56. The Kier molecular flexibility index (Phi) is 7.00. The highest BCUT2D eigenvalue weighted by molar-refractivity contribution is 6.19. The lowest BCUT2D eigenvalue weighted by atomic mass is 9.97. The van der Waals surface area contributed by atoms with Crippen molar-refractivity contribution in [3.05, 3.63) is 75.0 Å². The maximum absolute atomic E-state index is 12.1. The Hall–Kier alpha value is -4.02. The molecule has 1 fully saturated rings. The van der Waals surface area contributed by atoms with Crippen molar-refractivity contribution in [2.45, 2.75) is 0 Å². The van der Waals surface area contributed by atoms with E-state index in [0.717, 1.165) is 44.5 Å². The average Bonchev–Trinajstić information content (AvgIpc) is 2.84. The van der Waals surface area contributed by atoms with Gasteiger partial charge in [0, 0.05) is 42.5 Å². The Morgan fingerprint density at radius 1 is 1.21 bits per heavy atom. The quantitative estimate of drug-likeness (QED) is 0.261. The SMILES string of the molecule is O=Cc1ccc(C(C(=O)O)=C2C=Cc3cc(OCCN4CCOCC4)ccc3N2)c([N+](=O)[O-])c1. The van der Waals surface area contributed by atoms with Gasteiger partial charge < -0.3 is 19.9 Å². The molecule has 34 heavy (non-hydrogen) atoms. The maximum Gasteiger partial charge on any atom is 0.338 e. The minimum atomic E-state index is -1.33. The lowest BCUT2D eigenvalue weighted by Crippen LogP contribution is -2.38. The van der Waals surface area contributed by atoms with Crippen molar-refractivity contribution in [2.75, 3.05) is 44.8 Å². The van der Waals surface area contributed by atoms with E-state index in [1.807, 2.05) is 6.07 Å². The Bertz CT molecular complexity index is 1180. The summed E-state index contributed by atoms with van der Waals surface area (Å²) < 4.78 is 11.2. The van der Waals surface area contributed by atoms with Crippen LogP contribution in [0.2, 0.25) is 0 Å². The van der Waals surface area contributed by atoms with Gasteiger partial charge in [0.25, 0.3) is 5.69 Å². The molecule has 0 amide bonds. The molecule has 10 nitrogen and oxygen atoms in total. The number of anilines is 1. The van der Waals surface area contributed by atoms with Gasteiger partial charge in [-0.3, -0.25) is 19.8 Å². The monoisotopic (exact) mass is 465 g/mol. The number of allylic oxidation sites excluding steroid dienone is 1. The number of hydrogen-bond acceptors (Lipinski definition) is 8. The summed E-state index contributed by atoms with van der Waals surface area (Å²) in [4.78, 5) is 36.2. The molecule has 0 aromatic heterocycles. The summed E-state index contributed by atoms with van der Waals surface area (Å²) in [6.07, 6.45) is 3.76. The number of nitro benzene ring substituents is 1. The molecule has 0 aliphatic carbocycles. The summed E-state index contributed by atoms with van der Waals surface area (Å²) in [5.41, 5.74) is 0.900. The van der Waals surface area contributed by atoms with Crippen LogP contribution in [0.3, 0.4) is 0 Å². The zero-order valence-corrected chi connectivity index (χ0v) is 18.2. The Labute approximate surface area is 195 Å². The van der Waals surface area contributed by atoms with Crippen molar-refractivity contribution < 1.29 is 29.1 Å². The molecule has 0 unspecified atom stereocenters. The molecule has 2 heterocycles. The minimum Gasteiger partial charge on any atom is -0.492 e. The van der Waals surface area contributed by atoms with Gasteiger partial charge >= 0.3 is 5.97 Å². The zero-order chi connectivity index (χ0) is 24.1. The number of rotatable bonds is 8. The van der Waals surface area contributed by atoms with Crippen LogP contribution >= 0.6 is 0 Å². The summed E-state index contributed by atoms with van der Waals surface area (Å²) in [5.74, 6) is -0.648. The van der Waals surface area contributed by atoms with Crippen LogP contribution in [0, 0.1) is 10.1 Å². The van der Waals surface area contributed by atoms with Gasteiger partial charge in [-0.05, 0) is 30.3 Å². The number of aldehydes is 1. The average molecular weight is 465 g/mol. The first-order chi connectivity index (χ1) is 16.5. The van der Waals surface area contributed by atoms with Gasteiger partial charge in [-0.1, -0.05) is 12.1 Å². The van der Waals surface area contributed by atoms with Crippen LogP contribution in [0.5, 0.6) is 5.75 Å². The summed E-state index contributed by atoms with van der Waals surface area (Å²) in [7, 11) is 0. The number of carbonyl (C=O) groups is 2. The number of nitrogens with one attached hydrogen (secondary N) is 1. The highest BCUT2D eigenvalue weighted by atomic mass is 16.6. The number of carbonyl (C=O) groups excluding carboxylic acids is 1. The molecule has 0 radical (unpaired) electrons. The first-order valence-electron chi connectivity index (χ1n) is 10.7. The lowest BCUT2D eigenvalue weighted by Gasteiger charge is -2.26. The first-order valence-corrected chi connectivity index (χ1v) is 10.7. The van der Waals surface area contributed by atoms with E-state index in [1.165, 1.54) is 12.1 Å². The standard InChI is InChI=1S/C24H23N3O7/c28-15-16-1-4-19(22(13-16)27(31)32)23(24(29)30)21-5-2-17-14-18(3-6-20(17)25-21)34-12-9-26-7-10-33-11-8-26/h1-6,13-15,25H,7-12H2,(H,29,30). The molecular weight excluding hydrogens is 442 g/mol. The third kappa shape index (κ3) is 5.13. The molecule has 0 atom stereocenters. The molecule has 2 aliphatic heterocycles. The van der Waals surface area contributed by atoms with E-state index >= 15 is 0 Å². The van der Waals surface area contributed by atoms with Crippen LogP contribution < -0.4 is 10.1 Å². The number of aliphatic carboxylic acids is 1. The second kappa shape index (κ2) is 10.3. The molecule has 0 bridgehead atoms. The lowest BCUT2D eigenvalue weighted by molar-refractivity contribution is -0.385. The molecule has 176 valence electrons. The molecule has 0 saturated carbocycles. The van der Waals surface area contributed by atoms with Crippen molar-refractivity contribution >= 4 is 35.3 Å². The van der Waals surface area contributed by atoms with Gasteiger partial charge in [-0.15, -0.1) is 0 Å². The van der Waals surface area contributed by atoms with Crippen LogP contribution in [0.25, 0.3) is 11.6 Å². The second-order valence-electron chi connectivity index (χ2n) is 7.76. The fraction of sp³-hybridized carbons (Fsp3) is 0.250. The fourth-order valence-corrected chi connectivity index (χ4v) is 3.87. The minimum absolute atomic E-state index is 0.0869. The Morgan fingerprint density at radius 3 is 2.71 bits per heavy atom. The molecule has 2 aromatic rings. The van der Waals surface area contributed by atoms with Crippen LogP contribution in [-0.2, 0) is 9.53 Å². The second-order valence-corrected chi connectivity index (χ2v) is 7.76. The molecule has 2 aromatic carbocycles. The van der Waals surface area contributed by atoms with Gasteiger partial charge in [0.2, 0.25) is 0 Å². The molecule has 1 saturated heterocycles. The van der Waals surface area contributed by atoms with Gasteiger partial charge in [-0.25, -0.2) is 4.79 Å². The largest absolute Gasteiger partial charge is 0.492 e. The number of ether oxygens (including phenoxy) is 2. The van der Waals surface area contributed by atoms with Gasteiger partial charge in [0.1, 0.15) is 18.6 Å². The fourth-order valence-electron chi connectivity index (χ4n) is 3.87. The molecule has 2 N–H and O–H groups in total. The van der Waals surface area contributed by atoms with Crippen molar-refractivity contribution in [1.29, 1.82) is 0 Å². The van der Waals surface area contributed by atoms with E-state index in [9.17, 15) is 24.8 Å². The molecule has 10 heteroatoms. The van der Waals surface area contributed by atoms with Crippen molar-refractivity contribution in [1.82, 2.24) is 4.90 Å². The highest BCUT2D eigenvalue weighted by Crippen LogP contribution is 2.34. The Morgan fingerprint density at radius 2 is 2.00 bits per heavy atom. The van der Waals surface area contributed by atoms with E-state index in [2.05, 4.69) is 10.2 Å². The van der Waals surface area contributed by atoms with Gasteiger partial charge in [0.05, 0.1) is 35.0 Å². The third-order valence-electron chi connectivity index (χ3n) is 5.61. The predicted molar refractivity (Wildman–Crippen MR) is 125 cm³/mol. The first kappa shape index (κ1) is 23.1. The van der Waals surface area contributed by atoms with Crippen LogP contribution in [-0.4, -0.2) is 66.6 Å². The van der Waals surface area contributed by atoms with E-state index in [1.54, 1.807) is 24.3 Å². The molecular formula is C24H23N3O7. The number of fused-ring (bicyclic) bond motifs is 1. The van der Waals surface area contributed by atoms with Crippen molar-refractivity contribution in [2.24, 2.45) is 0 Å². The van der Waals surface area contributed by atoms with Crippen LogP contribution in [0.15, 0.2) is 48.2 Å². The summed E-state index contributed by atoms with van der Waals surface area (Å²) in [6, 6.07) is 9.08. The zero-order valence-electron chi connectivity index (χ0n) is 18.2. The van der Waals surface area contributed by atoms with Crippen molar-refractivity contribution in [3.8, 4) is 5.75 Å². The van der Waals surface area contributed by atoms with E-state index in [4.69, 9.17) is 9.47 Å². The third-order valence-corrected chi connectivity index (χ3v) is 5.61. The summed E-state index contributed by atoms with van der Waals surface area (Å²) >= 11 is 0. The smallest absolute Gasteiger partial charge is 0.338 e. The van der Waals surface area contributed by atoms with Crippen molar-refractivity contribution in [3.63, 3.8) is 0 Å². The number of carboxylic acid groups (broad SMARTS) is 1. The van der Waals surface area contributed by atoms with E-state index < -0.39 is 16.6 Å². The number of hydrogen-bond donors (Lipinski definition) is 2. The predicted octanol–water partition coefficient (Wildman–Crippen LogP) is 3.05. The number of nitro groups is 1. The molecule has 2 aliphatic rings. The van der Waals surface area contributed by atoms with Crippen LogP contribution in [0.4, 0.5) is 11.4 Å². The number of nitrogens with zero attached hydrogens (tertiary/aromatic N) is 2. The molecule has 0 spiro atoms. The topological polar surface area (TPSA) is 131 Å². The van der Waals surface area contributed by atoms with Gasteiger partial charge in [-0.2, -0.15) is 0 Å². The molecule has 4 rings (SSSR count). The number of carboxylic acids is 1. The van der Waals surface area contributed by atoms with Gasteiger partial charge in [0.15, 0.2) is 0 Å². The highest BCUT2D eigenvalue weighted by Gasteiger charge is 2.26. The number of morpholine rings is 1. The maximum atomic E-state index is 12.1. The normalized spacial score (nSPS) is 16.8. The summed E-state index contributed by atoms with van der Waals surface area (Å²) in [6.45, 7) is 4.56. The van der Waals surface area contributed by atoms with Crippen LogP contribution in [0.1, 0.15) is 21.5 Å². The number of benzene rings is 2. The summed E-state index contributed by atoms with van der Waals surface area (Å²) in [5, 5.41) is 24.4. The van der Waals surface area contributed by atoms with E-state index in [-0.39, 0.29) is 22.4 Å². The van der Waals surface area contributed by atoms with E-state index in [0.29, 0.717) is 24.3 Å².